The third-order valence-electron chi connectivity index (χ3n) is 5.93. The number of hydrogen-bond donors (Lipinski definition) is 2. The van der Waals surface area contributed by atoms with E-state index in [0.717, 1.165) is 11.6 Å². The van der Waals surface area contributed by atoms with Crippen molar-refractivity contribution in [1.29, 1.82) is 0 Å². The molecule has 1 aromatic heterocycles. The molecular formula is C25H25F3N4O3. The van der Waals surface area contributed by atoms with Crippen molar-refractivity contribution in [2.45, 2.75) is 19.5 Å². The zero-order valence-corrected chi connectivity index (χ0v) is 19.0. The number of carboxylic acid groups (broad SMARTS) is 1. The Morgan fingerprint density at radius 2 is 1.91 bits per heavy atom. The fraction of sp³-hybridized carbons (Fsp3) is 0.280. The summed E-state index contributed by atoms with van der Waals surface area (Å²) in [6.45, 7) is 3.68. The van der Waals surface area contributed by atoms with E-state index in [0.29, 0.717) is 36.8 Å². The molecule has 4 rings (SSSR count). The van der Waals surface area contributed by atoms with Gasteiger partial charge in [-0.3, -0.25) is 4.90 Å². The van der Waals surface area contributed by atoms with Gasteiger partial charge in [0.05, 0.1) is 0 Å². The summed E-state index contributed by atoms with van der Waals surface area (Å²) in [5.41, 5.74) is 7.69. The number of anilines is 1. The van der Waals surface area contributed by atoms with Crippen molar-refractivity contribution in [3.05, 3.63) is 71.5 Å². The summed E-state index contributed by atoms with van der Waals surface area (Å²) in [7, 11) is 0. The Balaban J connectivity index is 1.67. The Kier molecular flexibility index (Phi) is 7.23. The largest absolute Gasteiger partial charge is 0.480 e. The molecule has 0 radical (unpaired) electrons. The van der Waals surface area contributed by atoms with E-state index in [2.05, 4.69) is 4.98 Å². The predicted octanol–water partition coefficient (Wildman–Crippen LogP) is 4.01. The Bertz CT molecular complexity index is 1240. The summed E-state index contributed by atoms with van der Waals surface area (Å²) >= 11 is 0. The molecule has 2 heterocycles. The molecule has 35 heavy (non-hydrogen) atoms. The fourth-order valence-electron chi connectivity index (χ4n) is 4.08. The lowest BCUT2D eigenvalue weighted by molar-refractivity contribution is -0.139. The van der Waals surface area contributed by atoms with Gasteiger partial charge in [0.15, 0.2) is 17.5 Å². The van der Waals surface area contributed by atoms with Gasteiger partial charge in [-0.25, -0.2) is 18.0 Å². The molecule has 0 saturated carbocycles. The van der Waals surface area contributed by atoms with Crippen LogP contribution in [-0.4, -0.2) is 53.2 Å². The van der Waals surface area contributed by atoms with Crippen LogP contribution in [0.3, 0.4) is 0 Å². The van der Waals surface area contributed by atoms with E-state index in [4.69, 9.17) is 10.5 Å². The van der Waals surface area contributed by atoms with Gasteiger partial charge in [0.25, 0.3) is 5.88 Å². The average Bonchev–Trinajstić information content (AvgIpc) is 2.85. The number of rotatable bonds is 7. The van der Waals surface area contributed by atoms with Crippen LogP contribution in [0.4, 0.5) is 19.0 Å². The van der Waals surface area contributed by atoms with Crippen molar-refractivity contribution < 1.29 is 27.8 Å². The second-order valence-corrected chi connectivity index (χ2v) is 8.20. The zero-order valence-electron chi connectivity index (χ0n) is 19.0. The summed E-state index contributed by atoms with van der Waals surface area (Å²) in [5, 5.41) is 9.67. The van der Waals surface area contributed by atoms with Crippen molar-refractivity contribution in [2.75, 3.05) is 31.1 Å². The molecule has 1 saturated heterocycles. The highest BCUT2D eigenvalue weighted by Gasteiger charge is 2.34. The van der Waals surface area contributed by atoms with E-state index in [1.54, 1.807) is 18.2 Å². The van der Waals surface area contributed by atoms with Gasteiger partial charge in [-0.2, -0.15) is 4.98 Å². The second-order valence-electron chi connectivity index (χ2n) is 8.20. The maximum atomic E-state index is 14.7. The van der Waals surface area contributed by atoms with Crippen LogP contribution in [-0.2, 0) is 11.3 Å². The van der Waals surface area contributed by atoms with Gasteiger partial charge in [0.1, 0.15) is 17.6 Å². The Morgan fingerprint density at radius 3 is 2.63 bits per heavy atom. The number of aromatic nitrogens is 1. The van der Waals surface area contributed by atoms with Crippen LogP contribution in [0.2, 0.25) is 0 Å². The first-order valence-corrected chi connectivity index (χ1v) is 11.1. The van der Waals surface area contributed by atoms with E-state index in [9.17, 15) is 23.1 Å². The smallest absolute Gasteiger partial charge is 0.327 e. The van der Waals surface area contributed by atoms with Crippen LogP contribution < -0.4 is 15.4 Å². The number of ether oxygens (including phenoxy) is 1. The summed E-state index contributed by atoms with van der Waals surface area (Å²) in [6.07, 6.45) is 0. The Labute approximate surface area is 200 Å². The molecule has 1 aliphatic heterocycles. The van der Waals surface area contributed by atoms with Gasteiger partial charge in [-0.05, 0) is 41.4 Å². The molecular weight excluding hydrogens is 461 g/mol. The number of aliphatic carboxylic acids is 1. The number of hydrogen-bond acceptors (Lipinski definition) is 6. The highest BCUT2D eigenvalue weighted by molar-refractivity contribution is 5.78. The number of nitrogens with zero attached hydrogens (tertiary/aromatic N) is 3. The molecule has 0 aliphatic carbocycles. The van der Waals surface area contributed by atoms with Crippen molar-refractivity contribution in [3.63, 3.8) is 0 Å². The van der Waals surface area contributed by atoms with Crippen LogP contribution in [0.15, 0.2) is 48.5 Å². The van der Waals surface area contributed by atoms with Crippen molar-refractivity contribution in [2.24, 2.45) is 5.73 Å². The van der Waals surface area contributed by atoms with E-state index >= 15 is 0 Å². The number of pyridine rings is 1. The van der Waals surface area contributed by atoms with Crippen molar-refractivity contribution >= 4 is 11.8 Å². The number of halogens is 3. The normalized spacial score (nSPS) is 16.4. The van der Waals surface area contributed by atoms with Crippen LogP contribution >= 0.6 is 0 Å². The molecule has 10 heteroatoms. The number of carboxylic acids is 1. The Hall–Kier alpha value is -3.63. The van der Waals surface area contributed by atoms with Gasteiger partial charge < -0.3 is 20.5 Å². The molecule has 7 nitrogen and oxygen atoms in total. The molecule has 1 aliphatic rings. The molecule has 0 amide bonds. The van der Waals surface area contributed by atoms with Gasteiger partial charge in [0.2, 0.25) is 0 Å². The first-order valence-electron chi connectivity index (χ1n) is 11.1. The van der Waals surface area contributed by atoms with E-state index in [1.807, 2.05) is 17.9 Å². The molecule has 0 spiro atoms. The molecule has 3 aromatic rings. The summed E-state index contributed by atoms with van der Waals surface area (Å²) in [5.74, 6) is -4.85. The van der Waals surface area contributed by atoms with Crippen LogP contribution in [0.5, 0.6) is 11.6 Å². The van der Waals surface area contributed by atoms with Crippen LogP contribution in [0.1, 0.15) is 12.5 Å². The fourth-order valence-corrected chi connectivity index (χ4v) is 4.08. The van der Waals surface area contributed by atoms with E-state index in [1.165, 1.54) is 17.0 Å². The standard InChI is InChI=1S/C25H25F3N4O3/c1-2-31-6-7-32(22(14-31)25(33)34)23-20(27)12-21(28)24(30-23)35-19-10-17(9-18(26)11-19)16-5-3-4-15(8-16)13-29/h3-5,8-12,22H,2,6-7,13-14,29H2,1H3,(H,33,34). The highest BCUT2D eigenvalue weighted by atomic mass is 19.1. The number of benzene rings is 2. The third-order valence-corrected chi connectivity index (χ3v) is 5.93. The Morgan fingerprint density at radius 1 is 1.11 bits per heavy atom. The molecule has 184 valence electrons. The lowest BCUT2D eigenvalue weighted by Crippen LogP contribution is -2.57. The predicted molar refractivity (Wildman–Crippen MR) is 125 cm³/mol. The number of carbonyl (C=O) groups is 1. The zero-order chi connectivity index (χ0) is 25.1. The molecule has 1 atom stereocenters. The molecule has 0 bridgehead atoms. The van der Waals surface area contributed by atoms with Gasteiger partial charge in [-0.1, -0.05) is 25.1 Å². The number of piperazine rings is 1. The van der Waals surface area contributed by atoms with Crippen LogP contribution in [0, 0.1) is 17.5 Å². The minimum Gasteiger partial charge on any atom is -0.480 e. The van der Waals surface area contributed by atoms with Crippen molar-refractivity contribution in [3.8, 4) is 22.8 Å². The second kappa shape index (κ2) is 10.3. The lowest BCUT2D eigenvalue weighted by Gasteiger charge is -2.39. The van der Waals surface area contributed by atoms with E-state index < -0.39 is 35.3 Å². The maximum absolute atomic E-state index is 14.7. The summed E-state index contributed by atoms with van der Waals surface area (Å²) in [4.78, 5) is 19.0. The summed E-state index contributed by atoms with van der Waals surface area (Å²) in [6, 6.07) is 10.6. The molecule has 2 aromatic carbocycles. The number of likely N-dealkylation sites (N-methyl/N-ethyl adjacent to an activating group) is 1. The van der Waals surface area contributed by atoms with Gasteiger partial charge in [0, 0.05) is 38.3 Å². The third kappa shape index (κ3) is 5.39. The SMILES string of the molecule is CCN1CCN(c2nc(Oc3cc(F)cc(-c4cccc(CN)c4)c3)c(F)cc2F)C(C(=O)O)C1. The van der Waals surface area contributed by atoms with Crippen molar-refractivity contribution in [1.82, 2.24) is 9.88 Å². The molecule has 3 N–H and O–H groups in total. The van der Waals surface area contributed by atoms with Crippen LogP contribution in [0.25, 0.3) is 11.1 Å². The highest BCUT2D eigenvalue weighted by Crippen LogP contribution is 2.32. The summed E-state index contributed by atoms with van der Waals surface area (Å²) < 4.78 is 49.2. The first-order chi connectivity index (χ1) is 16.8. The van der Waals surface area contributed by atoms with Gasteiger partial charge >= 0.3 is 5.97 Å². The van der Waals surface area contributed by atoms with E-state index in [-0.39, 0.29) is 24.7 Å². The number of nitrogens with two attached hydrogens (primary N) is 1. The topological polar surface area (TPSA) is 91.9 Å². The lowest BCUT2D eigenvalue weighted by atomic mass is 10.0. The molecule has 1 unspecified atom stereocenters. The minimum absolute atomic E-state index is 0.0484. The molecule has 1 fully saturated rings. The average molecular weight is 486 g/mol. The first kappa shape index (κ1) is 24.5. The monoisotopic (exact) mass is 486 g/mol. The van der Waals surface area contributed by atoms with Gasteiger partial charge in [-0.15, -0.1) is 0 Å². The maximum Gasteiger partial charge on any atom is 0.327 e. The minimum atomic E-state index is -1.15. The quantitative estimate of drug-likeness (QED) is 0.521.